The van der Waals surface area contributed by atoms with E-state index in [-0.39, 0.29) is 24.5 Å². The normalized spacial score (nSPS) is 18.8. The summed E-state index contributed by atoms with van der Waals surface area (Å²) in [5, 5.41) is 9.58. The number of alkyl halides is 3. The van der Waals surface area contributed by atoms with Gasteiger partial charge in [-0.1, -0.05) is 28.1 Å². The highest BCUT2D eigenvalue weighted by Gasteiger charge is 2.46. The smallest absolute Gasteiger partial charge is 0.410 e. The van der Waals surface area contributed by atoms with E-state index in [4.69, 9.17) is 4.42 Å². The molecule has 2 aromatic heterocycles. The van der Waals surface area contributed by atoms with Gasteiger partial charge in [0.1, 0.15) is 11.6 Å². The fourth-order valence-corrected chi connectivity index (χ4v) is 3.53. The molecule has 2 atom stereocenters. The number of furan rings is 1. The highest BCUT2D eigenvalue weighted by atomic mass is 79.9. The molecule has 1 aliphatic heterocycles. The van der Waals surface area contributed by atoms with Gasteiger partial charge in [0.2, 0.25) is 0 Å². The molecule has 1 aliphatic rings. The predicted molar refractivity (Wildman–Crippen MR) is 102 cm³/mol. The minimum absolute atomic E-state index is 0.0928. The lowest BCUT2D eigenvalue weighted by molar-refractivity contribution is -0.173. The van der Waals surface area contributed by atoms with Gasteiger partial charge in [-0.15, -0.1) is 0 Å². The van der Waals surface area contributed by atoms with Gasteiger partial charge in [0, 0.05) is 17.0 Å². The molecular weight excluding hydrogens is 453 g/mol. The summed E-state index contributed by atoms with van der Waals surface area (Å²) in [6, 6.07) is 9.38. The number of fused-ring (bicyclic) bond motifs is 1. The van der Waals surface area contributed by atoms with E-state index in [0.717, 1.165) is 14.7 Å². The number of nitrogens with zero attached hydrogens (tertiary/aromatic N) is 2. The van der Waals surface area contributed by atoms with Gasteiger partial charge in [-0.25, -0.2) is 4.68 Å². The van der Waals surface area contributed by atoms with Gasteiger partial charge in [0.25, 0.3) is 5.91 Å². The van der Waals surface area contributed by atoms with Crippen LogP contribution in [-0.2, 0) is 6.54 Å². The first kappa shape index (κ1) is 19.6. The van der Waals surface area contributed by atoms with Crippen LogP contribution in [0.2, 0.25) is 0 Å². The third-order valence-corrected chi connectivity index (χ3v) is 5.23. The zero-order valence-electron chi connectivity index (χ0n) is 14.9. The predicted octanol–water partition coefficient (Wildman–Crippen LogP) is 4.83. The molecular formula is C19H16BrF3N4O2. The molecule has 4 rings (SSSR count). The summed E-state index contributed by atoms with van der Waals surface area (Å²) in [6.45, 7) is 0.117. The number of amides is 1. The summed E-state index contributed by atoms with van der Waals surface area (Å²) >= 11 is 3.32. The van der Waals surface area contributed by atoms with Crippen molar-refractivity contribution >= 4 is 27.7 Å². The van der Waals surface area contributed by atoms with Crippen molar-refractivity contribution in [3.63, 3.8) is 0 Å². The number of rotatable bonds is 4. The van der Waals surface area contributed by atoms with Crippen molar-refractivity contribution in [1.29, 1.82) is 0 Å². The van der Waals surface area contributed by atoms with Crippen LogP contribution in [-0.4, -0.2) is 21.9 Å². The van der Waals surface area contributed by atoms with Gasteiger partial charge in [-0.3, -0.25) is 4.79 Å². The summed E-state index contributed by atoms with van der Waals surface area (Å²) in [6.07, 6.45) is -3.26. The van der Waals surface area contributed by atoms with Crippen molar-refractivity contribution in [2.45, 2.75) is 31.2 Å². The number of nitrogens with one attached hydrogen (secondary N) is 2. The Kier molecular flexibility index (Phi) is 5.12. The van der Waals surface area contributed by atoms with E-state index in [1.807, 2.05) is 0 Å². The van der Waals surface area contributed by atoms with E-state index >= 15 is 0 Å². The van der Waals surface area contributed by atoms with Crippen molar-refractivity contribution in [1.82, 2.24) is 15.1 Å². The first-order chi connectivity index (χ1) is 13.8. The monoisotopic (exact) mass is 468 g/mol. The molecule has 10 heteroatoms. The second-order valence-corrected chi connectivity index (χ2v) is 7.58. The Bertz CT molecular complexity index is 1000. The summed E-state index contributed by atoms with van der Waals surface area (Å²) in [5.41, 5.74) is 0.628. The Hall–Kier alpha value is -2.75. The van der Waals surface area contributed by atoms with Crippen LogP contribution in [0, 0.1) is 0 Å². The molecule has 0 bridgehead atoms. The van der Waals surface area contributed by atoms with Crippen LogP contribution in [0.25, 0.3) is 0 Å². The van der Waals surface area contributed by atoms with Crippen molar-refractivity contribution < 1.29 is 22.4 Å². The molecule has 3 aromatic rings. The van der Waals surface area contributed by atoms with E-state index in [1.165, 1.54) is 12.3 Å². The van der Waals surface area contributed by atoms with Gasteiger partial charge in [-0.2, -0.15) is 18.3 Å². The Morgan fingerprint density at radius 1 is 1.31 bits per heavy atom. The molecule has 3 heterocycles. The van der Waals surface area contributed by atoms with E-state index in [1.54, 1.807) is 36.4 Å². The number of aromatic nitrogens is 2. The third-order valence-electron chi connectivity index (χ3n) is 4.70. The number of carbonyl (C=O) groups excluding carboxylic acids is 1. The average molecular weight is 469 g/mol. The van der Waals surface area contributed by atoms with Crippen molar-refractivity contribution in [3.8, 4) is 0 Å². The Morgan fingerprint density at radius 2 is 2.07 bits per heavy atom. The first-order valence-corrected chi connectivity index (χ1v) is 9.59. The number of carbonyl (C=O) groups is 1. The lowest BCUT2D eigenvalue weighted by Crippen LogP contribution is -2.35. The minimum Gasteiger partial charge on any atom is -0.467 e. The second kappa shape index (κ2) is 7.58. The highest BCUT2D eigenvalue weighted by Crippen LogP contribution is 2.43. The molecule has 152 valence electrons. The van der Waals surface area contributed by atoms with Crippen LogP contribution in [0.3, 0.4) is 0 Å². The lowest BCUT2D eigenvalue weighted by atomic mass is 9.97. The Morgan fingerprint density at radius 3 is 2.72 bits per heavy atom. The molecule has 6 nitrogen and oxygen atoms in total. The standard InChI is InChI=1S/C19H16BrF3N4O2/c20-12-5-3-11(4-6-12)14-8-16(19(21,22)23)27-17(25-14)9-15(26-27)18(28)24-10-13-2-1-7-29-13/h1-7,9,14,16,25H,8,10H2,(H,24,28)/t14-,16-/m1/s1. The topological polar surface area (TPSA) is 72.1 Å². The zero-order valence-corrected chi connectivity index (χ0v) is 16.5. The molecule has 0 radical (unpaired) electrons. The number of hydrogen-bond acceptors (Lipinski definition) is 4. The van der Waals surface area contributed by atoms with E-state index in [0.29, 0.717) is 5.76 Å². The molecule has 0 saturated heterocycles. The van der Waals surface area contributed by atoms with Gasteiger partial charge in [0.15, 0.2) is 11.7 Å². The maximum Gasteiger partial charge on any atom is 0.410 e. The number of hydrogen-bond donors (Lipinski definition) is 2. The molecule has 0 fully saturated rings. The molecule has 1 amide bonds. The molecule has 0 aliphatic carbocycles. The maximum atomic E-state index is 13.7. The highest BCUT2D eigenvalue weighted by molar-refractivity contribution is 9.10. The number of halogens is 4. The molecule has 0 spiro atoms. The first-order valence-electron chi connectivity index (χ1n) is 8.80. The number of benzene rings is 1. The van der Waals surface area contributed by atoms with E-state index in [9.17, 15) is 18.0 Å². The average Bonchev–Trinajstić information content (AvgIpc) is 3.34. The lowest BCUT2D eigenvalue weighted by Gasteiger charge is -2.33. The minimum atomic E-state index is -4.50. The molecule has 29 heavy (non-hydrogen) atoms. The summed E-state index contributed by atoms with van der Waals surface area (Å²) in [4.78, 5) is 12.4. The van der Waals surface area contributed by atoms with Gasteiger partial charge in [0.05, 0.1) is 18.8 Å². The van der Waals surface area contributed by atoms with Gasteiger partial charge < -0.3 is 15.1 Å². The number of anilines is 1. The molecule has 0 unspecified atom stereocenters. The van der Waals surface area contributed by atoms with Gasteiger partial charge >= 0.3 is 6.18 Å². The van der Waals surface area contributed by atoms with Crippen LogP contribution in [0.1, 0.15) is 40.3 Å². The maximum absolute atomic E-state index is 13.7. The summed E-state index contributed by atoms with van der Waals surface area (Å²) in [7, 11) is 0. The van der Waals surface area contributed by atoms with Crippen molar-refractivity contribution in [2.75, 3.05) is 5.32 Å². The SMILES string of the molecule is O=C(NCc1ccco1)c1cc2n(n1)[C@@H](C(F)(F)F)C[C@H](c1ccc(Br)cc1)N2. The molecule has 1 aromatic carbocycles. The van der Waals surface area contributed by atoms with E-state index in [2.05, 4.69) is 31.7 Å². The fraction of sp³-hybridized carbons (Fsp3) is 0.263. The van der Waals surface area contributed by atoms with Crippen molar-refractivity contribution in [2.24, 2.45) is 0 Å². The van der Waals surface area contributed by atoms with Gasteiger partial charge in [-0.05, 0) is 29.8 Å². The third kappa shape index (κ3) is 4.16. The zero-order chi connectivity index (χ0) is 20.6. The summed E-state index contributed by atoms with van der Waals surface area (Å²) in [5.74, 6) is 0.102. The summed E-state index contributed by atoms with van der Waals surface area (Å²) < 4.78 is 47.9. The van der Waals surface area contributed by atoms with Crippen LogP contribution in [0.15, 0.2) is 57.6 Å². The Labute approximate surface area is 172 Å². The quantitative estimate of drug-likeness (QED) is 0.575. The van der Waals surface area contributed by atoms with Crippen LogP contribution >= 0.6 is 15.9 Å². The van der Waals surface area contributed by atoms with Crippen LogP contribution in [0.5, 0.6) is 0 Å². The molecule has 0 saturated carbocycles. The van der Waals surface area contributed by atoms with Crippen LogP contribution < -0.4 is 10.6 Å². The second-order valence-electron chi connectivity index (χ2n) is 6.66. The van der Waals surface area contributed by atoms with E-state index < -0.39 is 24.2 Å². The largest absolute Gasteiger partial charge is 0.467 e. The van der Waals surface area contributed by atoms with Crippen LogP contribution in [0.4, 0.5) is 19.0 Å². The Balaban J connectivity index is 1.59. The fourth-order valence-electron chi connectivity index (χ4n) is 3.27. The van der Waals surface area contributed by atoms with Crippen molar-refractivity contribution in [3.05, 3.63) is 70.2 Å². The molecule has 2 N–H and O–H groups in total.